The van der Waals surface area contributed by atoms with E-state index in [4.69, 9.17) is 9.47 Å². The van der Waals surface area contributed by atoms with Crippen molar-refractivity contribution in [3.05, 3.63) is 59.7 Å². The lowest BCUT2D eigenvalue weighted by Crippen LogP contribution is -2.07. The maximum atomic E-state index is 5.56. The molecule has 0 aliphatic carbocycles. The molecule has 2 heteroatoms. The smallest absolute Gasteiger partial charge is 0.123 e. The van der Waals surface area contributed by atoms with Crippen LogP contribution in [0.3, 0.4) is 0 Å². The Morgan fingerprint density at radius 3 is 1.19 bits per heavy atom. The molecule has 2 aromatic carbocycles. The van der Waals surface area contributed by atoms with Crippen molar-refractivity contribution in [2.75, 3.05) is 0 Å². The molecule has 0 bridgehead atoms. The molecule has 0 saturated heterocycles. The summed E-state index contributed by atoms with van der Waals surface area (Å²) in [5.74, 6) is 1.72. The second-order valence-electron chi connectivity index (χ2n) is 5.97. The first-order valence-corrected chi connectivity index (χ1v) is 9.83. The lowest BCUT2D eigenvalue weighted by Gasteiger charge is -2.13. The average Bonchev–Trinajstić information content (AvgIpc) is 2.58. The Kier molecular flexibility index (Phi) is 16.7. The predicted molar refractivity (Wildman–Crippen MR) is 117 cm³/mol. The molecule has 0 radical (unpaired) electrons. The summed E-state index contributed by atoms with van der Waals surface area (Å²) in [4.78, 5) is 0. The minimum absolute atomic E-state index is 0.198. The summed E-state index contributed by atoms with van der Waals surface area (Å²) in [5.41, 5.74) is 2.68. The molecule has 0 amide bonds. The number of hydrogen-bond acceptors (Lipinski definition) is 2. The van der Waals surface area contributed by atoms with E-state index in [1.807, 2.05) is 79.7 Å². The molecule has 2 rings (SSSR count). The molecule has 0 aromatic heterocycles. The van der Waals surface area contributed by atoms with Crippen LogP contribution in [0.15, 0.2) is 48.5 Å². The Hall–Kier alpha value is -1.96. The lowest BCUT2D eigenvalue weighted by atomic mass is 10.2. The van der Waals surface area contributed by atoms with Gasteiger partial charge in [0.1, 0.15) is 11.5 Å². The van der Waals surface area contributed by atoms with E-state index in [0.29, 0.717) is 0 Å². The summed E-state index contributed by atoms with van der Waals surface area (Å²) in [6, 6.07) is 16.2. The quantitative estimate of drug-likeness (QED) is 0.558. The highest BCUT2D eigenvalue weighted by atomic mass is 16.5. The third kappa shape index (κ3) is 14.4. The van der Waals surface area contributed by atoms with Crippen molar-refractivity contribution >= 4 is 0 Å². The van der Waals surface area contributed by atoms with Crippen LogP contribution in [-0.2, 0) is 0 Å². The maximum Gasteiger partial charge on any atom is 0.123 e. The number of benzene rings is 2. The Bertz CT molecular complexity index is 517. The van der Waals surface area contributed by atoms with E-state index in [9.17, 15) is 0 Å². The zero-order valence-electron chi connectivity index (χ0n) is 18.6. The van der Waals surface area contributed by atoms with Crippen molar-refractivity contribution in [3.63, 3.8) is 0 Å². The van der Waals surface area contributed by atoms with Gasteiger partial charge in [0.15, 0.2) is 0 Å². The molecule has 2 nitrogen and oxygen atoms in total. The van der Waals surface area contributed by atoms with Gasteiger partial charge in [-0.2, -0.15) is 0 Å². The summed E-state index contributed by atoms with van der Waals surface area (Å²) in [6.45, 7) is 20.2. The highest BCUT2D eigenvalue weighted by Gasteiger charge is 2.01. The van der Waals surface area contributed by atoms with E-state index < -0.39 is 0 Å². The monoisotopic (exact) mass is 360 g/mol. The molecular weight excluding hydrogens is 320 g/mol. The summed E-state index contributed by atoms with van der Waals surface area (Å²) in [6.07, 6.45) is 0.397. The summed E-state index contributed by atoms with van der Waals surface area (Å²) < 4.78 is 11.1. The van der Waals surface area contributed by atoms with E-state index in [2.05, 4.69) is 38.1 Å². The van der Waals surface area contributed by atoms with E-state index in [0.717, 1.165) is 11.5 Å². The van der Waals surface area contributed by atoms with Gasteiger partial charge < -0.3 is 9.47 Å². The fourth-order valence-electron chi connectivity index (χ4n) is 1.97. The standard InChI is InChI=1S/C12H18O2.C8H10.2C2H6/c1-9(2)13-11-6-5-7-12(8-11)14-10(3)4;1-7-4-3-5-8(2)6-7;2*1-2/h5-10H,1-4H3;3-6H,1-2H3;2*1-2H3. The maximum absolute atomic E-state index is 5.56. The number of hydrogen-bond donors (Lipinski definition) is 0. The molecule has 0 unspecified atom stereocenters. The van der Waals surface area contributed by atoms with Crippen LogP contribution < -0.4 is 9.47 Å². The second-order valence-corrected chi connectivity index (χ2v) is 5.97. The molecule has 0 N–H and O–H groups in total. The van der Waals surface area contributed by atoms with Gasteiger partial charge in [-0.3, -0.25) is 0 Å². The fourth-order valence-corrected chi connectivity index (χ4v) is 1.97. The van der Waals surface area contributed by atoms with Crippen molar-refractivity contribution in [2.24, 2.45) is 0 Å². The molecular formula is C24H40O2. The minimum Gasteiger partial charge on any atom is -0.491 e. The van der Waals surface area contributed by atoms with Crippen LogP contribution in [0, 0.1) is 13.8 Å². The van der Waals surface area contributed by atoms with Gasteiger partial charge in [-0.1, -0.05) is 69.2 Å². The SMILES string of the molecule is CC.CC.CC(C)Oc1cccc(OC(C)C)c1.Cc1cccc(C)c1. The van der Waals surface area contributed by atoms with Crippen molar-refractivity contribution in [1.29, 1.82) is 0 Å². The number of ether oxygens (including phenoxy) is 2. The van der Waals surface area contributed by atoms with E-state index in [1.54, 1.807) is 0 Å². The van der Waals surface area contributed by atoms with Gasteiger partial charge in [0.2, 0.25) is 0 Å². The average molecular weight is 361 g/mol. The molecule has 0 saturated carbocycles. The van der Waals surface area contributed by atoms with Gasteiger partial charge in [0.05, 0.1) is 12.2 Å². The predicted octanol–water partition coefficient (Wildman–Crippen LogP) is 7.62. The molecule has 0 atom stereocenters. The minimum atomic E-state index is 0.198. The van der Waals surface area contributed by atoms with E-state index in [1.165, 1.54) is 11.1 Å². The zero-order valence-corrected chi connectivity index (χ0v) is 18.6. The van der Waals surface area contributed by atoms with Crippen molar-refractivity contribution in [2.45, 2.75) is 81.4 Å². The van der Waals surface area contributed by atoms with Crippen molar-refractivity contribution in [1.82, 2.24) is 0 Å². The Labute approximate surface area is 162 Å². The Morgan fingerprint density at radius 1 is 0.577 bits per heavy atom. The largest absolute Gasteiger partial charge is 0.491 e. The first-order valence-electron chi connectivity index (χ1n) is 9.83. The van der Waals surface area contributed by atoms with Crippen LogP contribution >= 0.6 is 0 Å². The van der Waals surface area contributed by atoms with Crippen LogP contribution in [0.25, 0.3) is 0 Å². The second kappa shape index (κ2) is 16.5. The first kappa shape index (κ1) is 26.3. The normalized spacial score (nSPS) is 9.08. The molecule has 148 valence electrons. The lowest BCUT2D eigenvalue weighted by molar-refractivity contribution is 0.229. The molecule has 0 aliphatic rings. The zero-order chi connectivity index (χ0) is 20.5. The fraction of sp³-hybridized carbons (Fsp3) is 0.500. The molecule has 0 aliphatic heterocycles. The molecule has 0 spiro atoms. The molecule has 2 aromatic rings. The third-order valence-corrected chi connectivity index (χ3v) is 2.72. The topological polar surface area (TPSA) is 18.5 Å². The summed E-state index contributed by atoms with van der Waals surface area (Å²) >= 11 is 0. The third-order valence-electron chi connectivity index (χ3n) is 2.72. The van der Waals surface area contributed by atoms with Gasteiger partial charge in [0, 0.05) is 6.07 Å². The molecule has 26 heavy (non-hydrogen) atoms. The van der Waals surface area contributed by atoms with Gasteiger partial charge in [-0.05, 0) is 53.7 Å². The Morgan fingerprint density at radius 2 is 0.923 bits per heavy atom. The van der Waals surface area contributed by atoms with Crippen molar-refractivity contribution < 1.29 is 9.47 Å². The highest BCUT2D eigenvalue weighted by Crippen LogP contribution is 2.21. The van der Waals surface area contributed by atoms with Crippen molar-refractivity contribution in [3.8, 4) is 11.5 Å². The number of aryl methyl sites for hydroxylation is 2. The van der Waals surface area contributed by atoms with Crippen LogP contribution in [0.1, 0.15) is 66.5 Å². The highest BCUT2D eigenvalue weighted by molar-refractivity contribution is 5.33. The van der Waals surface area contributed by atoms with Crippen LogP contribution in [-0.4, -0.2) is 12.2 Å². The van der Waals surface area contributed by atoms with Gasteiger partial charge in [0.25, 0.3) is 0 Å². The van der Waals surface area contributed by atoms with Gasteiger partial charge in [-0.15, -0.1) is 0 Å². The van der Waals surface area contributed by atoms with Crippen LogP contribution in [0.5, 0.6) is 11.5 Å². The number of rotatable bonds is 4. The van der Waals surface area contributed by atoms with Gasteiger partial charge >= 0.3 is 0 Å². The molecule has 0 heterocycles. The van der Waals surface area contributed by atoms with E-state index in [-0.39, 0.29) is 12.2 Å². The van der Waals surface area contributed by atoms with Crippen LogP contribution in [0.4, 0.5) is 0 Å². The van der Waals surface area contributed by atoms with E-state index >= 15 is 0 Å². The first-order chi connectivity index (χ1) is 12.4. The summed E-state index contributed by atoms with van der Waals surface area (Å²) in [7, 11) is 0. The Balaban J connectivity index is 0. The van der Waals surface area contributed by atoms with Crippen LogP contribution in [0.2, 0.25) is 0 Å². The van der Waals surface area contributed by atoms with Gasteiger partial charge in [-0.25, -0.2) is 0 Å². The molecule has 0 fully saturated rings. The summed E-state index contributed by atoms with van der Waals surface area (Å²) in [5, 5.41) is 0.